The summed E-state index contributed by atoms with van der Waals surface area (Å²) in [5.41, 5.74) is 2.61. The van der Waals surface area contributed by atoms with Gasteiger partial charge in [-0.05, 0) is 55.0 Å². The lowest BCUT2D eigenvalue weighted by atomic mass is 10.1. The summed E-state index contributed by atoms with van der Waals surface area (Å²) in [6, 6.07) is 14.9. The van der Waals surface area contributed by atoms with E-state index in [0.717, 1.165) is 16.9 Å². The highest BCUT2D eigenvalue weighted by Gasteiger charge is 2.25. The lowest BCUT2D eigenvalue weighted by Gasteiger charge is -2.16. The van der Waals surface area contributed by atoms with Gasteiger partial charge in [0.2, 0.25) is 5.16 Å². The molecule has 2 heterocycles. The third kappa shape index (κ3) is 4.52. The molecule has 32 heavy (non-hydrogen) atoms. The number of fused-ring (bicyclic) bond motifs is 1. The van der Waals surface area contributed by atoms with Crippen LogP contribution in [0.3, 0.4) is 0 Å². The first-order valence-corrected chi connectivity index (χ1v) is 10.9. The maximum absolute atomic E-state index is 12.8. The minimum atomic E-state index is -0.433. The minimum Gasteiger partial charge on any atom is -0.497 e. The number of methoxy groups -OCH3 is 2. The van der Waals surface area contributed by atoms with Gasteiger partial charge in [0.25, 0.3) is 0 Å². The summed E-state index contributed by atoms with van der Waals surface area (Å²) >= 11 is 1.46. The predicted octanol–water partition coefficient (Wildman–Crippen LogP) is 3.92. The van der Waals surface area contributed by atoms with Crippen molar-refractivity contribution < 1.29 is 19.0 Å². The fourth-order valence-corrected chi connectivity index (χ4v) is 3.97. The van der Waals surface area contributed by atoms with Gasteiger partial charge < -0.3 is 14.2 Å². The molecule has 0 saturated carbocycles. The molecule has 0 spiro atoms. The van der Waals surface area contributed by atoms with Gasteiger partial charge in [-0.1, -0.05) is 23.9 Å². The summed E-state index contributed by atoms with van der Waals surface area (Å²) in [6.45, 7) is 2.04. The molecule has 0 unspecified atom stereocenters. The molecule has 0 bridgehead atoms. The molecule has 0 saturated heterocycles. The highest BCUT2D eigenvalue weighted by molar-refractivity contribution is 7.99. The molecule has 1 aromatic heterocycles. The standard InChI is InChI=1S/C23H22N4O4S/c1-4-31-22(28)19(13-15-6-5-7-18(12-15)30-3)20-14-32-23-25-24-21(27(23)26-20)16-8-10-17(29-2)11-9-16/h5-13H,4,14H2,1-3H3/b19-13+. The number of thioether (sulfide) groups is 1. The van der Waals surface area contributed by atoms with E-state index in [-0.39, 0.29) is 6.61 Å². The second-order valence-corrected chi connectivity index (χ2v) is 7.68. The Morgan fingerprint density at radius 3 is 2.59 bits per heavy atom. The zero-order chi connectivity index (χ0) is 22.5. The molecular formula is C23H22N4O4S. The van der Waals surface area contributed by atoms with Crippen LogP contribution in [0.1, 0.15) is 12.5 Å². The first-order valence-electron chi connectivity index (χ1n) is 9.96. The van der Waals surface area contributed by atoms with Gasteiger partial charge in [0, 0.05) is 11.3 Å². The maximum atomic E-state index is 12.8. The Kier molecular flexibility index (Phi) is 6.55. The molecule has 4 rings (SSSR count). The van der Waals surface area contributed by atoms with Crippen molar-refractivity contribution in [3.8, 4) is 22.9 Å². The lowest BCUT2D eigenvalue weighted by molar-refractivity contribution is -0.137. The molecule has 1 aliphatic heterocycles. The van der Waals surface area contributed by atoms with Crippen molar-refractivity contribution in [2.24, 2.45) is 5.10 Å². The molecular weight excluding hydrogens is 428 g/mol. The molecule has 0 fully saturated rings. The number of aromatic nitrogens is 3. The van der Waals surface area contributed by atoms with Crippen LogP contribution in [-0.4, -0.2) is 53.1 Å². The number of nitrogens with zero attached hydrogens (tertiary/aromatic N) is 4. The van der Waals surface area contributed by atoms with E-state index in [1.54, 1.807) is 31.9 Å². The van der Waals surface area contributed by atoms with Gasteiger partial charge in [0.05, 0.1) is 32.1 Å². The summed E-state index contributed by atoms with van der Waals surface area (Å²) in [4.78, 5) is 12.8. The molecule has 8 nitrogen and oxygen atoms in total. The van der Waals surface area contributed by atoms with Gasteiger partial charge in [-0.3, -0.25) is 0 Å². The SMILES string of the molecule is CCOC(=O)/C(=C/c1cccc(OC)c1)C1=Nn2c(nnc2-c2ccc(OC)cc2)SC1. The minimum absolute atomic E-state index is 0.268. The van der Waals surface area contributed by atoms with E-state index in [9.17, 15) is 4.79 Å². The number of ether oxygens (including phenoxy) is 3. The fraction of sp³-hybridized carbons (Fsp3) is 0.217. The lowest BCUT2D eigenvalue weighted by Crippen LogP contribution is -2.21. The quantitative estimate of drug-likeness (QED) is 0.398. The van der Waals surface area contributed by atoms with Crippen molar-refractivity contribution in [2.45, 2.75) is 12.1 Å². The molecule has 1 aliphatic rings. The third-order valence-corrected chi connectivity index (χ3v) is 5.66. The highest BCUT2D eigenvalue weighted by atomic mass is 32.2. The van der Waals surface area contributed by atoms with Crippen molar-refractivity contribution >= 4 is 29.5 Å². The number of benzene rings is 2. The Morgan fingerprint density at radius 2 is 1.88 bits per heavy atom. The Hall–Kier alpha value is -3.59. The topological polar surface area (TPSA) is 87.8 Å². The van der Waals surface area contributed by atoms with E-state index >= 15 is 0 Å². The Morgan fingerprint density at radius 1 is 1.09 bits per heavy atom. The van der Waals surface area contributed by atoms with Crippen LogP contribution in [0.4, 0.5) is 0 Å². The number of carbonyl (C=O) groups is 1. The smallest absolute Gasteiger partial charge is 0.340 e. The van der Waals surface area contributed by atoms with E-state index in [1.165, 1.54) is 11.8 Å². The van der Waals surface area contributed by atoms with Gasteiger partial charge in [0.1, 0.15) is 11.5 Å². The van der Waals surface area contributed by atoms with Gasteiger partial charge >= 0.3 is 5.97 Å². The van der Waals surface area contributed by atoms with E-state index in [2.05, 4.69) is 10.2 Å². The van der Waals surface area contributed by atoms with E-state index in [1.807, 2.05) is 48.5 Å². The first kappa shape index (κ1) is 21.6. The van der Waals surface area contributed by atoms with Crippen LogP contribution < -0.4 is 9.47 Å². The molecule has 0 atom stereocenters. The number of carbonyl (C=O) groups excluding carboxylic acids is 1. The first-order chi connectivity index (χ1) is 15.6. The van der Waals surface area contributed by atoms with Crippen molar-refractivity contribution in [3.05, 3.63) is 59.7 Å². The summed E-state index contributed by atoms with van der Waals surface area (Å²) < 4.78 is 17.5. The molecule has 0 aliphatic carbocycles. The zero-order valence-electron chi connectivity index (χ0n) is 17.9. The Balaban J connectivity index is 1.76. The Labute approximate surface area is 189 Å². The third-order valence-electron chi connectivity index (χ3n) is 4.73. The van der Waals surface area contributed by atoms with Crippen molar-refractivity contribution in [3.63, 3.8) is 0 Å². The van der Waals surface area contributed by atoms with Crippen LogP contribution in [0.25, 0.3) is 17.5 Å². The zero-order valence-corrected chi connectivity index (χ0v) is 18.8. The fourth-order valence-electron chi connectivity index (χ4n) is 3.15. The van der Waals surface area contributed by atoms with Crippen LogP contribution in [0.5, 0.6) is 11.5 Å². The number of esters is 1. The average Bonchev–Trinajstić information content (AvgIpc) is 3.26. The normalized spacial score (nSPS) is 13.2. The maximum Gasteiger partial charge on any atom is 0.340 e. The van der Waals surface area contributed by atoms with E-state index < -0.39 is 5.97 Å². The summed E-state index contributed by atoms with van der Waals surface area (Å²) in [5, 5.41) is 13.9. The van der Waals surface area contributed by atoms with Crippen LogP contribution in [0, 0.1) is 0 Å². The molecule has 0 radical (unpaired) electrons. The molecule has 0 N–H and O–H groups in total. The van der Waals surface area contributed by atoms with Crippen LogP contribution in [0.2, 0.25) is 0 Å². The molecule has 2 aromatic carbocycles. The second kappa shape index (κ2) is 9.69. The molecule has 3 aromatic rings. The second-order valence-electron chi connectivity index (χ2n) is 6.74. The van der Waals surface area contributed by atoms with Crippen LogP contribution >= 0.6 is 11.8 Å². The average molecular weight is 451 g/mol. The molecule has 9 heteroatoms. The van der Waals surface area contributed by atoms with Gasteiger partial charge in [-0.25, -0.2) is 4.79 Å². The van der Waals surface area contributed by atoms with Crippen LogP contribution in [-0.2, 0) is 9.53 Å². The highest BCUT2D eigenvalue weighted by Crippen LogP contribution is 2.30. The van der Waals surface area contributed by atoms with Gasteiger partial charge in [-0.2, -0.15) is 9.78 Å². The van der Waals surface area contributed by atoms with Crippen molar-refractivity contribution in [1.82, 2.24) is 14.9 Å². The number of rotatable bonds is 7. The van der Waals surface area contributed by atoms with Gasteiger partial charge in [0.15, 0.2) is 5.82 Å². The summed E-state index contributed by atoms with van der Waals surface area (Å²) in [7, 11) is 3.22. The largest absolute Gasteiger partial charge is 0.497 e. The monoisotopic (exact) mass is 450 g/mol. The van der Waals surface area contributed by atoms with Crippen LogP contribution in [0.15, 0.2) is 64.4 Å². The summed E-state index contributed by atoms with van der Waals surface area (Å²) in [6.07, 6.45) is 1.77. The number of hydrogen-bond donors (Lipinski definition) is 0. The number of hydrogen-bond acceptors (Lipinski definition) is 8. The van der Waals surface area contributed by atoms with Crippen molar-refractivity contribution in [1.29, 1.82) is 0 Å². The molecule has 164 valence electrons. The predicted molar refractivity (Wildman–Crippen MR) is 123 cm³/mol. The molecule has 0 amide bonds. The van der Waals surface area contributed by atoms with Gasteiger partial charge in [-0.15, -0.1) is 10.2 Å². The summed E-state index contributed by atoms with van der Waals surface area (Å²) in [5.74, 6) is 2.06. The Bertz CT molecular complexity index is 1180. The van der Waals surface area contributed by atoms with E-state index in [0.29, 0.717) is 33.8 Å². The van der Waals surface area contributed by atoms with E-state index in [4.69, 9.17) is 19.3 Å². The van der Waals surface area contributed by atoms with Crippen molar-refractivity contribution in [2.75, 3.05) is 26.6 Å².